The number of benzene rings is 1. The van der Waals surface area contributed by atoms with E-state index < -0.39 is 15.6 Å². The molecule has 2 N–H and O–H groups in total. The molecule has 1 amide bonds. The molecule has 2 aromatic rings. The van der Waals surface area contributed by atoms with Gasteiger partial charge >= 0.3 is 0 Å². The Labute approximate surface area is 166 Å². The van der Waals surface area contributed by atoms with Gasteiger partial charge in [-0.25, -0.2) is 13.1 Å². The summed E-state index contributed by atoms with van der Waals surface area (Å²) in [7, 11) is -3.69. The van der Waals surface area contributed by atoms with Crippen LogP contribution in [0.15, 0.2) is 53.6 Å². The second-order valence-corrected chi connectivity index (χ2v) is 9.22. The first-order chi connectivity index (χ1) is 13.4. The first-order valence-corrected chi connectivity index (χ1v) is 11.1. The number of sulfonamides is 1. The molecule has 1 aliphatic rings. The summed E-state index contributed by atoms with van der Waals surface area (Å²) in [6.07, 6.45) is 6.01. The summed E-state index contributed by atoms with van der Waals surface area (Å²) in [5.74, 6) is -0.167. The number of aromatic nitrogens is 1. The minimum absolute atomic E-state index is 0.130. The summed E-state index contributed by atoms with van der Waals surface area (Å²) in [6, 6.07) is 12.3. The van der Waals surface area contributed by atoms with Crippen LogP contribution >= 0.6 is 0 Å². The van der Waals surface area contributed by atoms with Gasteiger partial charge in [-0.05, 0) is 44.0 Å². The fourth-order valence-corrected chi connectivity index (χ4v) is 5.13. The van der Waals surface area contributed by atoms with E-state index in [2.05, 4.69) is 15.0 Å². The molecule has 1 aromatic carbocycles. The lowest BCUT2D eigenvalue weighted by atomic mass is 9.80. The van der Waals surface area contributed by atoms with Crippen molar-refractivity contribution in [3.63, 3.8) is 0 Å². The summed E-state index contributed by atoms with van der Waals surface area (Å²) in [6.45, 7) is 2.25. The van der Waals surface area contributed by atoms with Gasteiger partial charge in [0.05, 0.1) is 17.1 Å². The van der Waals surface area contributed by atoms with Crippen LogP contribution in [0.2, 0.25) is 0 Å². The number of rotatable bonds is 7. The highest BCUT2D eigenvalue weighted by atomic mass is 32.2. The topological polar surface area (TPSA) is 88.2 Å². The van der Waals surface area contributed by atoms with Crippen molar-refractivity contribution in [1.29, 1.82) is 0 Å². The molecule has 3 rings (SSSR count). The Morgan fingerprint density at radius 1 is 1.07 bits per heavy atom. The van der Waals surface area contributed by atoms with Gasteiger partial charge in [-0.2, -0.15) is 0 Å². The predicted molar refractivity (Wildman–Crippen MR) is 108 cm³/mol. The molecule has 6 nitrogen and oxygen atoms in total. The highest BCUT2D eigenvalue weighted by molar-refractivity contribution is 7.89. The van der Waals surface area contributed by atoms with Gasteiger partial charge in [-0.3, -0.25) is 9.78 Å². The van der Waals surface area contributed by atoms with Crippen molar-refractivity contribution in [3.8, 4) is 0 Å². The zero-order valence-electron chi connectivity index (χ0n) is 16.1. The third-order valence-electron chi connectivity index (χ3n) is 5.18. The van der Waals surface area contributed by atoms with Crippen LogP contribution in [-0.2, 0) is 21.4 Å². The average Bonchev–Trinajstić information content (AvgIpc) is 2.68. The second-order valence-electron chi connectivity index (χ2n) is 7.53. The van der Waals surface area contributed by atoms with E-state index in [1.807, 2.05) is 25.1 Å². The first-order valence-electron chi connectivity index (χ1n) is 9.66. The number of carbonyl (C=O) groups is 1. The molecule has 1 fully saturated rings. The molecule has 0 saturated heterocycles. The summed E-state index contributed by atoms with van der Waals surface area (Å²) in [4.78, 5) is 17.0. The van der Waals surface area contributed by atoms with E-state index in [4.69, 9.17) is 0 Å². The van der Waals surface area contributed by atoms with Crippen molar-refractivity contribution in [3.05, 3.63) is 59.9 Å². The molecule has 0 radical (unpaired) electrons. The lowest BCUT2D eigenvalue weighted by Crippen LogP contribution is -2.52. The number of amides is 1. The van der Waals surface area contributed by atoms with Gasteiger partial charge in [-0.1, -0.05) is 43.0 Å². The van der Waals surface area contributed by atoms with Gasteiger partial charge in [-0.15, -0.1) is 0 Å². The van der Waals surface area contributed by atoms with Crippen molar-refractivity contribution in [2.75, 3.05) is 0 Å². The lowest BCUT2D eigenvalue weighted by molar-refractivity contribution is -0.122. The van der Waals surface area contributed by atoms with E-state index in [-0.39, 0.29) is 17.2 Å². The summed E-state index contributed by atoms with van der Waals surface area (Å²) >= 11 is 0. The maximum Gasteiger partial charge on any atom is 0.241 e. The second kappa shape index (κ2) is 8.84. The zero-order valence-corrected chi connectivity index (χ0v) is 17.0. The molecule has 0 spiro atoms. The van der Waals surface area contributed by atoms with Gasteiger partial charge in [0.15, 0.2) is 0 Å². The van der Waals surface area contributed by atoms with Gasteiger partial charge in [0.25, 0.3) is 0 Å². The predicted octanol–water partition coefficient (Wildman–Crippen LogP) is 3.08. The van der Waals surface area contributed by atoms with E-state index >= 15 is 0 Å². The van der Waals surface area contributed by atoms with Crippen molar-refractivity contribution in [2.45, 2.75) is 62.4 Å². The fraction of sp³-hybridized carbons (Fsp3) is 0.429. The zero-order chi connectivity index (χ0) is 20.0. The summed E-state index contributed by atoms with van der Waals surface area (Å²) in [5, 5.41) is 2.87. The van der Waals surface area contributed by atoms with Crippen LogP contribution in [0.5, 0.6) is 0 Å². The monoisotopic (exact) mass is 401 g/mol. The molecule has 0 aliphatic heterocycles. The highest BCUT2D eigenvalue weighted by Gasteiger charge is 2.38. The van der Waals surface area contributed by atoms with Crippen LogP contribution in [-0.4, -0.2) is 24.8 Å². The summed E-state index contributed by atoms with van der Waals surface area (Å²) in [5.41, 5.74) is 1.03. The molecular weight excluding hydrogens is 374 g/mol. The number of hydrogen-bond acceptors (Lipinski definition) is 4. The van der Waals surface area contributed by atoms with Crippen molar-refractivity contribution in [1.82, 2.24) is 15.0 Å². The minimum Gasteiger partial charge on any atom is -0.350 e. The third kappa shape index (κ3) is 5.39. The van der Waals surface area contributed by atoms with E-state index in [1.165, 1.54) is 0 Å². The SMILES string of the molecule is Cc1ccc(S(=O)(=O)NC2(CC(=O)NCc3ccccn3)CCCCC2)cc1. The third-order valence-corrected chi connectivity index (χ3v) is 6.78. The molecule has 28 heavy (non-hydrogen) atoms. The highest BCUT2D eigenvalue weighted by Crippen LogP contribution is 2.32. The number of hydrogen-bond donors (Lipinski definition) is 2. The Balaban J connectivity index is 1.71. The normalized spacial score (nSPS) is 16.5. The number of nitrogens with one attached hydrogen (secondary N) is 2. The largest absolute Gasteiger partial charge is 0.350 e. The lowest BCUT2D eigenvalue weighted by Gasteiger charge is -2.37. The molecule has 1 aromatic heterocycles. The Morgan fingerprint density at radius 2 is 1.79 bits per heavy atom. The first kappa shape index (κ1) is 20.5. The van der Waals surface area contributed by atoms with Crippen molar-refractivity contribution >= 4 is 15.9 Å². The molecule has 150 valence electrons. The Bertz CT molecular complexity index is 890. The molecule has 0 unspecified atom stereocenters. The smallest absolute Gasteiger partial charge is 0.241 e. The van der Waals surface area contributed by atoms with Crippen LogP contribution < -0.4 is 10.0 Å². The van der Waals surface area contributed by atoms with E-state index in [9.17, 15) is 13.2 Å². The van der Waals surface area contributed by atoms with Gasteiger partial charge in [0.2, 0.25) is 15.9 Å². The van der Waals surface area contributed by atoms with Crippen LogP contribution in [0.1, 0.15) is 49.8 Å². The molecular formula is C21H27N3O3S. The fourth-order valence-electron chi connectivity index (χ4n) is 3.67. The maximum atomic E-state index is 12.9. The number of nitrogens with zero attached hydrogens (tertiary/aromatic N) is 1. The van der Waals surface area contributed by atoms with Crippen molar-refractivity contribution in [2.24, 2.45) is 0 Å². The maximum absolute atomic E-state index is 12.9. The molecule has 1 aliphatic carbocycles. The van der Waals surface area contributed by atoms with Crippen LogP contribution in [0, 0.1) is 6.92 Å². The van der Waals surface area contributed by atoms with Crippen molar-refractivity contribution < 1.29 is 13.2 Å². The van der Waals surface area contributed by atoms with E-state index in [0.29, 0.717) is 19.4 Å². The van der Waals surface area contributed by atoms with E-state index in [1.54, 1.807) is 30.5 Å². The molecule has 1 heterocycles. The summed E-state index contributed by atoms with van der Waals surface area (Å²) < 4.78 is 28.7. The Morgan fingerprint density at radius 3 is 2.43 bits per heavy atom. The number of carbonyl (C=O) groups excluding carboxylic acids is 1. The van der Waals surface area contributed by atoms with Gasteiger partial charge in [0.1, 0.15) is 0 Å². The van der Waals surface area contributed by atoms with Crippen LogP contribution in [0.25, 0.3) is 0 Å². The van der Waals surface area contributed by atoms with Crippen LogP contribution in [0.3, 0.4) is 0 Å². The average molecular weight is 402 g/mol. The molecule has 0 bridgehead atoms. The minimum atomic E-state index is -3.69. The van der Waals surface area contributed by atoms with E-state index in [0.717, 1.165) is 30.5 Å². The molecule has 0 atom stereocenters. The number of pyridine rings is 1. The number of aryl methyl sites for hydroxylation is 1. The standard InChI is InChI=1S/C21H27N3O3S/c1-17-8-10-19(11-9-17)28(26,27)24-21(12-4-2-5-13-21)15-20(25)23-16-18-7-3-6-14-22-18/h3,6-11,14,24H,2,4-5,12-13,15-16H2,1H3,(H,23,25). The molecule has 7 heteroatoms. The van der Waals surface area contributed by atoms with Gasteiger partial charge in [0, 0.05) is 18.2 Å². The Hall–Kier alpha value is -2.25. The quantitative estimate of drug-likeness (QED) is 0.746. The van der Waals surface area contributed by atoms with Crippen LogP contribution in [0.4, 0.5) is 0 Å². The Kier molecular flexibility index (Phi) is 6.46. The molecule has 1 saturated carbocycles. The van der Waals surface area contributed by atoms with Gasteiger partial charge < -0.3 is 5.32 Å².